The minimum atomic E-state index is -0.170. The number of hydrogen-bond donors (Lipinski definition) is 1. The summed E-state index contributed by atoms with van der Waals surface area (Å²) >= 11 is 1.69. The number of amides is 2. The molecule has 0 aromatic heterocycles. The molecule has 1 atom stereocenters. The summed E-state index contributed by atoms with van der Waals surface area (Å²) < 4.78 is 0. The van der Waals surface area contributed by atoms with Gasteiger partial charge in [-0.1, -0.05) is 36.5 Å². The number of aryl methyl sites for hydroxylation is 1. The second-order valence-electron chi connectivity index (χ2n) is 6.36. The number of hydrogen-bond acceptors (Lipinski definition) is 3. The third-order valence-electron chi connectivity index (χ3n) is 4.48. The SMILES string of the molecule is C=CC(=O)N1CCC(C(=O)Nc2ccc(Sc3ccccc3)cc2C)C1. The maximum absolute atomic E-state index is 12.5. The molecule has 134 valence electrons. The fourth-order valence-electron chi connectivity index (χ4n) is 3.00. The predicted molar refractivity (Wildman–Crippen MR) is 105 cm³/mol. The molecule has 1 heterocycles. The first kappa shape index (κ1) is 18.3. The molecule has 0 bridgehead atoms. The quantitative estimate of drug-likeness (QED) is 0.810. The number of rotatable bonds is 5. The van der Waals surface area contributed by atoms with Gasteiger partial charge in [-0.05, 0) is 55.3 Å². The molecule has 2 aromatic carbocycles. The fraction of sp³-hybridized carbons (Fsp3) is 0.238. The van der Waals surface area contributed by atoms with Gasteiger partial charge >= 0.3 is 0 Å². The molecule has 1 unspecified atom stereocenters. The Balaban J connectivity index is 1.62. The van der Waals surface area contributed by atoms with Gasteiger partial charge in [0.25, 0.3) is 0 Å². The van der Waals surface area contributed by atoms with Crippen LogP contribution >= 0.6 is 11.8 Å². The zero-order valence-corrected chi connectivity index (χ0v) is 15.6. The average molecular weight is 366 g/mol. The topological polar surface area (TPSA) is 49.4 Å². The van der Waals surface area contributed by atoms with E-state index in [1.165, 1.54) is 11.0 Å². The summed E-state index contributed by atoms with van der Waals surface area (Å²) in [5.74, 6) is -0.314. The van der Waals surface area contributed by atoms with E-state index in [9.17, 15) is 9.59 Å². The van der Waals surface area contributed by atoms with E-state index in [1.54, 1.807) is 16.7 Å². The number of likely N-dealkylation sites (tertiary alicyclic amines) is 1. The van der Waals surface area contributed by atoms with E-state index < -0.39 is 0 Å². The minimum absolute atomic E-state index is 0.0316. The van der Waals surface area contributed by atoms with Crippen LogP contribution in [-0.4, -0.2) is 29.8 Å². The van der Waals surface area contributed by atoms with Crippen molar-refractivity contribution in [3.63, 3.8) is 0 Å². The molecule has 2 amide bonds. The molecule has 1 aliphatic heterocycles. The monoisotopic (exact) mass is 366 g/mol. The highest BCUT2D eigenvalue weighted by Gasteiger charge is 2.30. The second-order valence-corrected chi connectivity index (χ2v) is 7.50. The Bertz CT molecular complexity index is 820. The Hall–Kier alpha value is -2.53. The third-order valence-corrected chi connectivity index (χ3v) is 5.48. The van der Waals surface area contributed by atoms with Crippen molar-refractivity contribution in [3.05, 3.63) is 66.7 Å². The molecule has 26 heavy (non-hydrogen) atoms. The van der Waals surface area contributed by atoms with Crippen LogP contribution in [0.25, 0.3) is 0 Å². The van der Waals surface area contributed by atoms with Gasteiger partial charge in [0.15, 0.2) is 0 Å². The fourth-order valence-corrected chi connectivity index (χ4v) is 3.94. The lowest BCUT2D eigenvalue weighted by Crippen LogP contribution is -2.30. The standard InChI is InChI=1S/C21H22N2O2S/c1-3-20(24)23-12-11-16(14-23)21(25)22-19-10-9-18(13-15(19)2)26-17-7-5-4-6-8-17/h3-10,13,16H,1,11-12,14H2,2H3,(H,22,25). The highest BCUT2D eigenvalue weighted by molar-refractivity contribution is 7.99. The summed E-state index contributed by atoms with van der Waals surface area (Å²) in [6.45, 7) is 6.55. The van der Waals surface area contributed by atoms with Crippen LogP contribution in [0.15, 0.2) is 71.0 Å². The van der Waals surface area contributed by atoms with Crippen LogP contribution in [0.3, 0.4) is 0 Å². The van der Waals surface area contributed by atoms with Gasteiger partial charge in [-0.3, -0.25) is 9.59 Å². The van der Waals surface area contributed by atoms with Crippen LogP contribution in [0.1, 0.15) is 12.0 Å². The summed E-state index contributed by atoms with van der Waals surface area (Å²) in [6.07, 6.45) is 1.99. The van der Waals surface area contributed by atoms with Gasteiger partial charge in [0, 0.05) is 28.6 Å². The molecule has 1 fully saturated rings. The maximum atomic E-state index is 12.5. The first-order valence-electron chi connectivity index (χ1n) is 8.62. The van der Waals surface area contributed by atoms with E-state index in [4.69, 9.17) is 0 Å². The normalized spacial score (nSPS) is 16.3. The number of carbonyl (C=O) groups excluding carboxylic acids is 2. The lowest BCUT2D eigenvalue weighted by atomic mass is 10.1. The van der Waals surface area contributed by atoms with Crippen LogP contribution in [-0.2, 0) is 9.59 Å². The van der Waals surface area contributed by atoms with E-state index in [1.807, 2.05) is 37.3 Å². The molecular formula is C21H22N2O2S. The molecule has 4 nitrogen and oxygen atoms in total. The van der Waals surface area contributed by atoms with E-state index >= 15 is 0 Å². The second kappa shape index (κ2) is 8.23. The molecule has 2 aromatic rings. The van der Waals surface area contributed by atoms with E-state index in [0.29, 0.717) is 19.5 Å². The van der Waals surface area contributed by atoms with Crippen molar-refractivity contribution >= 4 is 29.3 Å². The van der Waals surface area contributed by atoms with Crippen molar-refractivity contribution in [2.45, 2.75) is 23.1 Å². The summed E-state index contributed by atoms with van der Waals surface area (Å²) in [5, 5.41) is 3.01. The zero-order chi connectivity index (χ0) is 18.5. The molecule has 1 saturated heterocycles. The van der Waals surface area contributed by atoms with Gasteiger partial charge in [0.05, 0.1) is 5.92 Å². The number of nitrogens with one attached hydrogen (secondary N) is 1. The maximum Gasteiger partial charge on any atom is 0.245 e. The van der Waals surface area contributed by atoms with Crippen LogP contribution in [0.4, 0.5) is 5.69 Å². The Morgan fingerprint density at radius 1 is 1.19 bits per heavy atom. The van der Waals surface area contributed by atoms with Gasteiger partial charge in [-0.25, -0.2) is 0 Å². The van der Waals surface area contributed by atoms with E-state index in [0.717, 1.165) is 16.1 Å². The third kappa shape index (κ3) is 4.35. The van der Waals surface area contributed by atoms with Crippen molar-refractivity contribution in [2.24, 2.45) is 5.92 Å². The van der Waals surface area contributed by atoms with E-state index in [2.05, 4.69) is 30.1 Å². The summed E-state index contributed by atoms with van der Waals surface area (Å²) in [4.78, 5) is 28.2. The number of carbonyl (C=O) groups is 2. The van der Waals surface area contributed by atoms with Gasteiger partial charge in [0.1, 0.15) is 0 Å². The largest absolute Gasteiger partial charge is 0.338 e. The highest BCUT2D eigenvalue weighted by Crippen LogP contribution is 2.30. The number of benzene rings is 2. The van der Waals surface area contributed by atoms with Gasteiger partial charge in [-0.2, -0.15) is 0 Å². The van der Waals surface area contributed by atoms with Crippen LogP contribution in [0.5, 0.6) is 0 Å². The van der Waals surface area contributed by atoms with Crippen molar-refractivity contribution < 1.29 is 9.59 Å². The van der Waals surface area contributed by atoms with Crippen molar-refractivity contribution in [1.82, 2.24) is 4.90 Å². The Morgan fingerprint density at radius 2 is 1.96 bits per heavy atom. The van der Waals surface area contributed by atoms with Crippen molar-refractivity contribution in [1.29, 1.82) is 0 Å². The molecule has 0 aliphatic carbocycles. The van der Waals surface area contributed by atoms with E-state index in [-0.39, 0.29) is 17.7 Å². The summed E-state index contributed by atoms with van der Waals surface area (Å²) in [6, 6.07) is 16.2. The van der Waals surface area contributed by atoms with Crippen LogP contribution in [0.2, 0.25) is 0 Å². The van der Waals surface area contributed by atoms with Crippen molar-refractivity contribution in [3.8, 4) is 0 Å². The Labute approximate surface area is 158 Å². The van der Waals surface area contributed by atoms with Crippen LogP contribution in [0, 0.1) is 12.8 Å². The lowest BCUT2D eigenvalue weighted by molar-refractivity contribution is -0.125. The molecule has 0 spiro atoms. The van der Waals surface area contributed by atoms with Gasteiger partial charge in [0.2, 0.25) is 11.8 Å². The zero-order valence-electron chi connectivity index (χ0n) is 14.8. The van der Waals surface area contributed by atoms with Gasteiger partial charge < -0.3 is 10.2 Å². The first-order valence-corrected chi connectivity index (χ1v) is 9.44. The lowest BCUT2D eigenvalue weighted by Gasteiger charge is -2.15. The smallest absolute Gasteiger partial charge is 0.245 e. The molecule has 5 heteroatoms. The minimum Gasteiger partial charge on any atom is -0.338 e. The average Bonchev–Trinajstić information content (AvgIpc) is 3.14. The molecule has 0 saturated carbocycles. The molecule has 0 radical (unpaired) electrons. The highest BCUT2D eigenvalue weighted by atomic mass is 32.2. The molecule has 1 N–H and O–H groups in total. The molecule has 3 rings (SSSR count). The predicted octanol–water partition coefficient (Wildman–Crippen LogP) is 4.12. The number of anilines is 1. The summed E-state index contributed by atoms with van der Waals surface area (Å²) in [5.41, 5.74) is 1.84. The first-order chi connectivity index (χ1) is 12.6. The summed E-state index contributed by atoms with van der Waals surface area (Å²) in [7, 11) is 0. The van der Waals surface area contributed by atoms with Crippen LogP contribution < -0.4 is 5.32 Å². The van der Waals surface area contributed by atoms with Gasteiger partial charge in [-0.15, -0.1) is 0 Å². The van der Waals surface area contributed by atoms with Crippen molar-refractivity contribution in [2.75, 3.05) is 18.4 Å². The number of nitrogens with zero attached hydrogens (tertiary/aromatic N) is 1. The molecular weight excluding hydrogens is 344 g/mol. The Kier molecular flexibility index (Phi) is 5.78. The Morgan fingerprint density at radius 3 is 2.65 bits per heavy atom. The molecule has 1 aliphatic rings.